The van der Waals surface area contributed by atoms with Crippen LogP contribution in [0.25, 0.3) is 0 Å². The zero-order valence-electron chi connectivity index (χ0n) is 4.20. The van der Waals surface area contributed by atoms with Gasteiger partial charge >= 0.3 is 0 Å². The van der Waals surface area contributed by atoms with Crippen molar-refractivity contribution in [3.8, 4) is 0 Å². The van der Waals surface area contributed by atoms with Gasteiger partial charge in [0.25, 0.3) is 0 Å². The molecular weight excluding hydrogens is 96.0 g/mol. The lowest BCUT2D eigenvalue weighted by Crippen LogP contribution is -2.25. The van der Waals surface area contributed by atoms with Crippen LogP contribution in [0, 0.1) is 0 Å². The minimum Gasteiger partial charge on any atom is -0.394 e. The molecule has 3 nitrogen and oxygen atoms in total. The summed E-state index contributed by atoms with van der Waals surface area (Å²) in [6.07, 6.45) is -1.81. The van der Waals surface area contributed by atoms with E-state index in [2.05, 4.69) is 0 Å². The van der Waals surface area contributed by atoms with Gasteiger partial charge < -0.3 is 15.3 Å². The molecule has 0 aromatic heterocycles. The van der Waals surface area contributed by atoms with Crippen molar-refractivity contribution in [1.82, 2.24) is 0 Å². The maximum atomic E-state index is 8.44. The van der Waals surface area contributed by atoms with Crippen molar-refractivity contribution >= 4 is 0 Å². The van der Waals surface area contributed by atoms with Crippen LogP contribution in [0.2, 0.25) is 0 Å². The van der Waals surface area contributed by atoms with Crippen LogP contribution in [0.15, 0.2) is 0 Å². The SMILES string of the molecule is C[C@@H](O)[C@@H](O)CO. The summed E-state index contributed by atoms with van der Waals surface area (Å²) in [5.74, 6) is 0. The summed E-state index contributed by atoms with van der Waals surface area (Å²) in [6, 6.07) is 0. The van der Waals surface area contributed by atoms with Crippen molar-refractivity contribution in [3.05, 3.63) is 0 Å². The van der Waals surface area contributed by atoms with Crippen molar-refractivity contribution in [2.24, 2.45) is 0 Å². The molecule has 3 heteroatoms. The molecule has 0 radical (unpaired) electrons. The molecule has 0 heterocycles. The summed E-state index contributed by atoms with van der Waals surface area (Å²) in [4.78, 5) is 0. The van der Waals surface area contributed by atoms with E-state index in [0.29, 0.717) is 0 Å². The Bertz CT molecular complexity index is 44.2. The lowest BCUT2D eigenvalue weighted by atomic mass is 10.2. The fourth-order valence-corrected chi connectivity index (χ4v) is 0.153. The smallest absolute Gasteiger partial charge is 0.103 e. The van der Waals surface area contributed by atoms with E-state index < -0.39 is 12.2 Å². The average molecular weight is 106 g/mol. The first kappa shape index (κ1) is 6.88. The third kappa shape index (κ3) is 2.56. The van der Waals surface area contributed by atoms with Crippen LogP contribution in [0.4, 0.5) is 0 Å². The van der Waals surface area contributed by atoms with Gasteiger partial charge in [0.1, 0.15) is 6.10 Å². The lowest BCUT2D eigenvalue weighted by molar-refractivity contribution is -0.00425. The van der Waals surface area contributed by atoms with Crippen molar-refractivity contribution < 1.29 is 15.3 Å². The first-order chi connectivity index (χ1) is 3.18. The molecule has 0 bridgehead atoms. The molecule has 3 N–H and O–H groups in total. The lowest BCUT2D eigenvalue weighted by Gasteiger charge is -2.07. The molecule has 0 aromatic rings. The van der Waals surface area contributed by atoms with E-state index in [1.165, 1.54) is 6.92 Å². The highest BCUT2D eigenvalue weighted by Crippen LogP contribution is 1.87. The first-order valence-electron chi connectivity index (χ1n) is 2.15. The second-order valence-corrected chi connectivity index (χ2v) is 1.49. The van der Waals surface area contributed by atoms with Gasteiger partial charge in [0, 0.05) is 0 Å². The Balaban J connectivity index is 3.14. The van der Waals surface area contributed by atoms with Gasteiger partial charge in [-0.3, -0.25) is 0 Å². The summed E-state index contributed by atoms with van der Waals surface area (Å²) in [5, 5.41) is 24.9. The topological polar surface area (TPSA) is 60.7 Å². The number of rotatable bonds is 2. The second-order valence-electron chi connectivity index (χ2n) is 1.49. The van der Waals surface area contributed by atoms with Crippen LogP contribution in [0.3, 0.4) is 0 Å². The molecular formula is C4H10O3. The number of hydrogen-bond acceptors (Lipinski definition) is 3. The predicted molar refractivity (Wildman–Crippen MR) is 24.8 cm³/mol. The molecule has 0 aliphatic carbocycles. The van der Waals surface area contributed by atoms with E-state index in [1.807, 2.05) is 0 Å². The monoisotopic (exact) mass is 106 g/mol. The molecule has 0 amide bonds. The normalized spacial score (nSPS) is 18.9. The minimum atomic E-state index is -0.986. The van der Waals surface area contributed by atoms with Crippen LogP contribution in [0.5, 0.6) is 0 Å². The quantitative estimate of drug-likeness (QED) is 0.411. The van der Waals surface area contributed by atoms with Gasteiger partial charge in [0.15, 0.2) is 0 Å². The fourth-order valence-electron chi connectivity index (χ4n) is 0.153. The van der Waals surface area contributed by atoms with Gasteiger partial charge in [0.05, 0.1) is 12.7 Å². The highest BCUT2D eigenvalue weighted by atomic mass is 16.4. The van der Waals surface area contributed by atoms with E-state index in [-0.39, 0.29) is 6.61 Å². The average Bonchev–Trinajstić information content (AvgIpc) is 1.65. The van der Waals surface area contributed by atoms with E-state index >= 15 is 0 Å². The maximum Gasteiger partial charge on any atom is 0.103 e. The summed E-state index contributed by atoms with van der Waals surface area (Å²) in [6.45, 7) is 1.04. The third-order valence-corrected chi connectivity index (χ3v) is 0.744. The molecule has 0 aliphatic rings. The Kier molecular flexibility index (Phi) is 2.91. The van der Waals surface area contributed by atoms with Gasteiger partial charge in [-0.15, -0.1) is 0 Å². The van der Waals surface area contributed by atoms with Gasteiger partial charge in [-0.1, -0.05) is 0 Å². The van der Waals surface area contributed by atoms with Crippen LogP contribution >= 0.6 is 0 Å². The Labute approximate surface area is 42.2 Å². The molecule has 0 fully saturated rings. The van der Waals surface area contributed by atoms with Gasteiger partial charge in [-0.25, -0.2) is 0 Å². The molecule has 0 rings (SSSR count). The van der Waals surface area contributed by atoms with Crippen LogP contribution in [0.1, 0.15) is 6.92 Å². The fraction of sp³-hybridized carbons (Fsp3) is 1.00. The Morgan fingerprint density at radius 1 is 1.43 bits per heavy atom. The Hall–Kier alpha value is -0.120. The van der Waals surface area contributed by atoms with Crippen LogP contribution in [-0.2, 0) is 0 Å². The van der Waals surface area contributed by atoms with E-state index in [0.717, 1.165) is 0 Å². The first-order valence-corrected chi connectivity index (χ1v) is 2.15. The molecule has 0 aliphatic heterocycles. The highest BCUT2D eigenvalue weighted by Gasteiger charge is 2.06. The van der Waals surface area contributed by atoms with Crippen molar-refractivity contribution in [2.45, 2.75) is 19.1 Å². The molecule has 0 saturated carbocycles. The van der Waals surface area contributed by atoms with E-state index in [9.17, 15) is 0 Å². The molecule has 0 aromatic carbocycles. The Morgan fingerprint density at radius 3 is 1.86 bits per heavy atom. The summed E-state index contributed by atoms with van der Waals surface area (Å²) in [7, 11) is 0. The minimum absolute atomic E-state index is 0.377. The van der Waals surface area contributed by atoms with Gasteiger partial charge in [0.2, 0.25) is 0 Å². The largest absolute Gasteiger partial charge is 0.394 e. The molecule has 0 spiro atoms. The van der Waals surface area contributed by atoms with Gasteiger partial charge in [-0.05, 0) is 6.92 Å². The summed E-state index contributed by atoms with van der Waals surface area (Å²) < 4.78 is 0. The van der Waals surface area contributed by atoms with Gasteiger partial charge in [-0.2, -0.15) is 0 Å². The molecule has 0 unspecified atom stereocenters. The molecule has 2 atom stereocenters. The zero-order chi connectivity index (χ0) is 5.86. The summed E-state index contributed by atoms with van der Waals surface area (Å²) >= 11 is 0. The zero-order valence-corrected chi connectivity index (χ0v) is 4.20. The predicted octanol–water partition coefficient (Wildman–Crippen LogP) is -1.28. The van der Waals surface area contributed by atoms with Crippen molar-refractivity contribution in [2.75, 3.05) is 6.61 Å². The molecule has 7 heavy (non-hydrogen) atoms. The standard InChI is InChI=1S/C4H10O3/c1-3(6)4(7)2-5/h3-7H,2H2,1H3/t3-,4+/m1/s1. The third-order valence-electron chi connectivity index (χ3n) is 0.744. The van der Waals surface area contributed by atoms with Crippen LogP contribution < -0.4 is 0 Å². The number of aliphatic hydroxyl groups is 3. The van der Waals surface area contributed by atoms with E-state index in [1.54, 1.807) is 0 Å². The number of hydrogen-bond donors (Lipinski definition) is 3. The number of aliphatic hydroxyl groups excluding tert-OH is 3. The van der Waals surface area contributed by atoms with Crippen LogP contribution in [-0.4, -0.2) is 34.1 Å². The van der Waals surface area contributed by atoms with Crippen molar-refractivity contribution in [1.29, 1.82) is 0 Å². The maximum absolute atomic E-state index is 8.44. The second kappa shape index (κ2) is 2.96. The summed E-state index contributed by atoms with van der Waals surface area (Å²) in [5.41, 5.74) is 0. The van der Waals surface area contributed by atoms with Crippen molar-refractivity contribution in [3.63, 3.8) is 0 Å². The highest BCUT2D eigenvalue weighted by molar-refractivity contribution is 4.57. The van der Waals surface area contributed by atoms with E-state index in [4.69, 9.17) is 15.3 Å². The molecule has 44 valence electrons. The molecule has 0 saturated heterocycles. The Morgan fingerprint density at radius 2 is 1.86 bits per heavy atom.